The van der Waals surface area contributed by atoms with Crippen LogP contribution >= 0.6 is 0 Å². The fraction of sp³-hybridized carbons (Fsp3) is 0.667. The molecule has 1 aromatic rings. The van der Waals surface area contributed by atoms with Crippen molar-refractivity contribution in [2.75, 3.05) is 45.9 Å². The smallest absolute Gasteiger partial charge is 0.191 e. The van der Waals surface area contributed by atoms with Gasteiger partial charge in [0.05, 0.1) is 31.4 Å². The second kappa shape index (κ2) is 10.2. The van der Waals surface area contributed by atoms with Crippen molar-refractivity contribution in [1.29, 1.82) is 0 Å². The summed E-state index contributed by atoms with van der Waals surface area (Å²) < 4.78 is 18.9. The van der Waals surface area contributed by atoms with Gasteiger partial charge in [-0.25, -0.2) is 4.39 Å². The molecule has 1 saturated carbocycles. The Hall–Kier alpha value is -1.70. The van der Waals surface area contributed by atoms with Crippen molar-refractivity contribution in [3.05, 3.63) is 35.6 Å². The maximum Gasteiger partial charge on any atom is 0.191 e. The number of nitrogens with one attached hydrogen (secondary N) is 2. The van der Waals surface area contributed by atoms with Crippen molar-refractivity contribution >= 4 is 5.96 Å². The molecule has 3 N–H and O–H groups in total. The minimum absolute atomic E-state index is 0.0999. The summed E-state index contributed by atoms with van der Waals surface area (Å²) in [5, 5.41) is 17.3. The van der Waals surface area contributed by atoms with E-state index in [9.17, 15) is 9.50 Å². The molecule has 156 valence electrons. The minimum Gasteiger partial charge on any atom is -0.388 e. The first-order valence-corrected chi connectivity index (χ1v) is 10.4. The highest BCUT2D eigenvalue weighted by Crippen LogP contribution is 2.29. The number of hydrogen-bond acceptors (Lipinski definition) is 4. The number of aliphatic imine (C=N–C) groups is 1. The van der Waals surface area contributed by atoms with Crippen molar-refractivity contribution in [3.8, 4) is 0 Å². The van der Waals surface area contributed by atoms with Gasteiger partial charge in [0.15, 0.2) is 5.96 Å². The van der Waals surface area contributed by atoms with Crippen molar-refractivity contribution in [2.24, 2.45) is 4.99 Å². The Labute approximate surface area is 167 Å². The van der Waals surface area contributed by atoms with E-state index in [0.717, 1.165) is 50.9 Å². The third-order valence-corrected chi connectivity index (χ3v) is 5.61. The van der Waals surface area contributed by atoms with Gasteiger partial charge in [-0.2, -0.15) is 0 Å². The van der Waals surface area contributed by atoms with Gasteiger partial charge in [-0.3, -0.25) is 9.89 Å². The topological polar surface area (TPSA) is 69.1 Å². The monoisotopic (exact) mass is 392 g/mol. The lowest BCUT2D eigenvalue weighted by molar-refractivity contribution is 0.0169. The molecule has 7 heteroatoms. The molecule has 1 unspecified atom stereocenters. The van der Waals surface area contributed by atoms with Crippen LogP contribution < -0.4 is 10.6 Å². The van der Waals surface area contributed by atoms with Crippen molar-refractivity contribution in [1.82, 2.24) is 15.5 Å². The van der Waals surface area contributed by atoms with Crippen LogP contribution in [0.15, 0.2) is 29.3 Å². The molecule has 0 bridgehead atoms. The maximum atomic E-state index is 13.4. The number of aliphatic hydroxyl groups is 1. The predicted molar refractivity (Wildman–Crippen MR) is 109 cm³/mol. The quantitative estimate of drug-likeness (QED) is 0.490. The van der Waals surface area contributed by atoms with Gasteiger partial charge in [-0.15, -0.1) is 0 Å². The molecule has 0 aromatic heterocycles. The third kappa shape index (κ3) is 5.90. The van der Waals surface area contributed by atoms with Gasteiger partial charge in [0.1, 0.15) is 5.82 Å². The Balaban J connectivity index is 1.68. The largest absolute Gasteiger partial charge is 0.388 e. The first-order chi connectivity index (χ1) is 13.6. The van der Waals surface area contributed by atoms with Crippen LogP contribution in [-0.4, -0.2) is 67.5 Å². The minimum atomic E-state index is -0.664. The Bertz CT molecular complexity index is 626. The van der Waals surface area contributed by atoms with Gasteiger partial charge in [0.25, 0.3) is 0 Å². The fourth-order valence-corrected chi connectivity index (χ4v) is 3.98. The lowest BCUT2D eigenvalue weighted by Crippen LogP contribution is -2.46. The van der Waals surface area contributed by atoms with Gasteiger partial charge in [0.2, 0.25) is 0 Å². The molecular weight excluding hydrogens is 359 g/mol. The van der Waals surface area contributed by atoms with Gasteiger partial charge in [0, 0.05) is 26.2 Å². The summed E-state index contributed by atoms with van der Waals surface area (Å²) in [5.74, 6) is 0.486. The number of nitrogens with zero attached hydrogens (tertiary/aromatic N) is 2. The molecule has 0 amide bonds. The summed E-state index contributed by atoms with van der Waals surface area (Å²) in [7, 11) is 0. The van der Waals surface area contributed by atoms with Crippen LogP contribution in [0.5, 0.6) is 0 Å². The van der Waals surface area contributed by atoms with Crippen LogP contribution in [0.1, 0.15) is 44.2 Å². The molecule has 0 radical (unpaired) electrons. The van der Waals surface area contributed by atoms with Crippen molar-refractivity contribution in [2.45, 2.75) is 44.2 Å². The number of halogens is 1. The van der Waals surface area contributed by atoms with Crippen LogP contribution in [-0.2, 0) is 4.74 Å². The highest BCUT2D eigenvalue weighted by Gasteiger charge is 2.31. The molecule has 1 atom stereocenters. The first-order valence-electron chi connectivity index (χ1n) is 10.4. The van der Waals surface area contributed by atoms with E-state index in [1.807, 2.05) is 19.1 Å². The predicted octanol–water partition coefficient (Wildman–Crippen LogP) is 2.06. The zero-order valence-corrected chi connectivity index (χ0v) is 16.8. The summed E-state index contributed by atoms with van der Waals surface area (Å²) in [4.78, 5) is 6.99. The molecule has 2 fully saturated rings. The molecular formula is C21H33FN4O2. The average Bonchev–Trinajstić information content (AvgIpc) is 3.15. The molecule has 3 rings (SSSR count). The zero-order valence-electron chi connectivity index (χ0n) is 16.8. The second-order valence-corrected chi connectivity index (χ2v) is 7.72. The lowest BCUT2D eigenvalue weighted by Gasteiger charge is -2.35. The van der Waals surface area contributed by atoms with Gasteiger partial charge in [-0.05, 0) is 37.5 Å². The first kappa shape index (κ1) is 21.0. The van der Waals surface area contributed by atoms with Crippen molar-refractivity contribution < 1.29 is 14.2 Å². The summed E-state index contributed by atoms with van der Waals surface area (Å²) >= 11 is 0. The van der Waals surface area contributed by atoms with Crippen LogP contribution in [0.3, 0.4) is 0 Å². The summed E-state index contributed by atoms with van der Waals surface area (Å²) in [5.41, 5.74) is 0.407. The van der Waals surface area contributed by atoms with E-state index in [1.165, 1.54) is 12.1 Å². The van der Waals surface area contributed by atoms with E-state index in [4.69, 9.17) is 4.74 Å². The van der Waals surface area contributed by atoms with E-state index >= 15 is 0 Å². The summed E-state index contributed by atoms with van der Waals surface area (Å²) in [6, 6.07) is 6.82. The Kier molecular flexibility index (Phi) is 7.65. The van der Waals surface area contributed by atoms with E-state index in [1.54, 1.807) is 0 Å². The zero-order chi connectivity index (χ0) is 19.8. The van der Waals surface area contributed by atoms with Gasteiger partial charge in [-0.1, -0.05) is 25.0 Å². The Morgan fingerprint density at radius 3 is 2.54 bits per heavy atom. The van der Waals surface area contributed by atoms with E-state index < -0.39 is 5.60 Å². The molecule has 1 saturated heterocycles. The molecule has 2 aliphatic rings. The molecule has 1 heterocycles. The third-order valence-electron chi connectivity index (χ3n) is 5.61. The number of rotatable bonds is 7. The summed E-state index contributed by atoms with van der Waals surface area (Å²) in [6.45, 7) is 6.95. The molecule has 1 aliphatic carbocycles. The van der Waals surface area contributed by atoms with Gasteiger partial charge >= 0.3 is 0 Å². The maximum absolute atomic E-state index is 13.4. The highest BCUT2D eigenvalue weighted by molar-refractivity contribution is 5.79. The van der Waals surface area contributed by atoms with Crippen LogP contribution in [0, 0.1) is 5.82 Å². The van der Waals surface area contributed by atoms with E-state index in [-0.39, 0.29) is 11.9 Å². The molecule has 1 aromatic carbocycles. The number of guanidine groups is 1. The SMILES string of the molecule is CCNC(=NCC1(O)CCCC1)NCC(c1ccc(F)cc1)N1CCOCC1. The number of ether oxygens (including phenoxy) is 1. The summed E-state index contributed by atoms with van der Waals surface area (Å²) in [6.07, 6.45) is 3.78. The van der Waals surface area contributed by atoms with Crippen LogP contribution in [0.25, 0.3) is 0 Å². The van der Waals surface area contributed by atoms with E-state index in [2.05, 4.69) is 20.5 Å². The van der Waals surface area contributed by atoms with E-state index in [0.29, 0.717) is 32.3 Å². The van der Waals surface area contributed by atoms with Crippen LogP contribution in [0.2, 0.25) is 0 Å². The van der Waals surface area contributed by atoms with Gasteiger partial charge < -0.3 is 20.5 Å². The number of benzene rings is 1. The molecule has 1 aliphatic heterocycles. The molecule has 6 nitrogen and oxygen atoms in total. The number of hydrogen-bond donors (Lipinski definition) is 3. The Morgan fingerprint density at radius 1 is 1.21 bits per heavy atom. The second-order valence-electron chi connectivity index (χ2n) is 7.72. The highest BCUT2D eigenvalue weighted by atomic mass is 19.1. The normalized spacial score (nSPS) is 21.5. The molecule has 0 spiro atoms. The average molecular weight is 393 g/mol. The van der Waals surface area contributed by atoms with Crippen LogP contribution in [0.4, 0.5) is 4.39 Å². The lowest BCUT2D eigenvalue weighted by atomic mass is 10.0. The standard InChI is InChI=1S/C21H33FN4O2/c1-2-23-20(25-16-21(27)9-3-4-10-21)24-15-19(26-11-13-28-14-12-26)17-5-7-18(22)8-6-17/h5-8,19,27H,2-4,9-16H2,1H3,(H2,23,24,25). The van der Waals surface area contributed by atoms with Crippen molar-refractivity contribution in [3.63, 3.8) is 0 Å². The molecule has 28 heavy (non-hydrogen) atoms. The Morgan fingerprint density at radius 2 is 1.89 bits per heavy atom. The number of morpholine rings is 1. The fourth-order valence-electron chi connectivity index (χ4n) is 3.98.